The first-order chi connectivity index (χ1) is 9.61. The minimum Gasteiger partial charge on any atom is -0.346 e. The first kappa shape index (κ1) is 13.2. The van der Waals surface area contributed by atoms with Crippen LogP contribution < -0.4 is 0 Å². The largest absolute Gasteiger partial charge is 0.346 e. The van der Waals surface area contributed by atoms with Crippen molar-refractivity contribution in [3.8, 4) is 0 Å². The highest BCUT2D eigenvalue weighted by Gasteiger charge is 2.29. The van der Waals surface area contributed by atoms with Gasteiger partial charge in [-0.25, -0.2) is 4.98 Å². The van der Waals surface area contributed by atoms with Crippen LogP contribution in [0, 0.1) is 6.92 Å². The van der Waals surface area contributed by atoms with Crippen LogP contribution in [-0.4, -0.2) is 43.6 Å². The van der Waals surface area contributed by atoms with Crippen molar-refractivity contribution in [3.63, 3.8) is 0 Å². The van der Waals surface area contributed by atoms with Gasteiger partial charge in [0.1, 0.15) is 12.4 Å². The van der Waals surface area contributed by atoms with Crippen molar-refractivity contribution < 1.29 is 4.79 Å². The molecule has 1 atom stereocenters. The van der Waals surface area contributed by atoms with Crippen LogP contribution in [0.5, 0.6) is 0 Å². The second-order valence-corrected chi connectivity index (χ2v) is 5.57. The van der Waals surface area contributed by atoms with Gasteiger partial charge in [-0.2, -0.15) is 5.10 Å². The number of carbonyl (C=O) groups is 1. The zero-order valence-corrected chi connectivity index (χ0v) is 12.0. The first-order valence-electron chi connectivity index (χ1n) is 6.59. The number of nitrogens with one attached hydrogen (secondary N) is 1. The van der Waals surface area contributed by atoms with Gasteiger partial charge in [-0.15, -0.1) is 0 Å². The second kappa shape index (κ2) is 5.28. The van der Waals surface area contributed by atoms with Gasteiger partial charge in [-0.1, -0.05) is 11.6 Å². The molecule has 0 aromatic carbocycles. The van der Waals surface area contributed by atoms with Crippen LogP contribution in [0.2, 0.25) is 5.02 Å². The lowest BCUT2D eigenvalue weighted by Crippen LogP contribution is -2.31. The van der Waals surface area contributed by atoms with Crippen molar-refractivity contribution in [2.75, 3.05) is 13.1 Å². The van der Waals surface area contributed by atoms with E-state index in [-0.39, 0.29) is 12.5 Å². The topological polar surface area (TPSA) is 66.8 Å². The number of hydrogen-bond acceptors (Lipinski definition) is 3. The van der Waals surface area contributed by atoms with Crippen LogP contribution in [0.15, 0.2) is 18.6 Å². The van der Waals surface area contributed by atoms with Gasteiger partial charge in [-0.3, -0.25) is 9.48 Å². The van der Waals surface area contributed by atoms with Crippen LogP contribution in [0.3, 0.4) is 0 Å². The van der Waals surface area contributed by atoms with Gasteiger partial charge >= 0.3 is 0 Å². The summed E-state index contributed by atoms with van der Waals surface area (Å²) in [6.45, 7) is 3.69. The molecule has 2 aromatic heterocycles. The average Bonchev–Trinajstić information content (AvgIpc) is 3.10. The second-order valence-electron chi connectivity index (χ2n) is 5.13. The van der Waals surface area contributed by atoms with Crippen LogP contribution in [-0.2, 0) is 11.3 Å². The number of carbonyl (C=O) groups excluding carboxylic acids is 1. The highest BCUT2D eigenvalue weighted by atomic mass is 35.5. The number of likely N-dealkylation sites (tertiary alicyclic amines) is 1. The maximum absolute atomic E-state index is 12.2. The standard InChI is InChI=1S/C13H16ClN5O/c1-9-4-15-13(17-9)10-2-3-18(6-10)12(20)8-19-7-11(14)5-16-19/h4-5,7,10H,2-3,6,8H2,1H3,(H,15,17)/t10-/m1/s1. The Hall–Kier alpha value is -1.82. The fourth-order valence-electron chi connectivity index (χ4n) is 2.51. The predicted octanol–water partition coefficient (Wildman–Crippen LogP) is 1.58. The lowest BCUT2D eigenvalue weighted by Gasteiger charge is -2.16. The minimum absolute atomic E-state index is 0.0653. The monoisotopic (exact) mass is 293 g/mol. The molecule has 0 aliphatic carbocycles. The molecular formula is C13H16ClN5O. The molecule has 0 bridgehead atoms. The van der Waals surface area contributed by atoms with E-state index in [1.54, 1.807) is 10.9 Å². The van der Waals surface area contributed by atoms with Crippen LogP contribution in [0.4, 0.5) is 0 Å². The Balaban J connectivity index is 1.60. The van der Waals surface area contributed by atoms with Gasteiger partial charge in [0.05, 0.1) is 11.2 Å². The predicted molar refractivity (Wildman–Crippen MR) is 74.5 cm³/mol. The number of hydrogen-bond donors (Lipinski definition) is 1. The van der Waals surface area contributed by atoms with Crippen molar-refractivity contribution in [1.82, 2.24) is 24.6 Å². The van der Waals surface area contributed by atoms with Crippen LogP contribution >= 0.6 is 11.6 Å². The number of aryl methyl sites for hydroxylation is 1. The zero-order chi connectivity index (χ0) is 14.1. The van der Waals surface area contributed by atoms with Crippen molar-refractivity contribution in [3.05, 3.63) is 35.1 Å². The third-order valence-corrected chi connectivity index (χ3v) is 3.74. The Morgan fingerprint density at radius 2 is 2.40 bits per heavy atom. The van der Waals surface area contributed by atoms with E-state index in [2.05, 4.69) is 15.1 Å². The molecule has 0 unspecified atom stereocenters. The van der Waals surface area contributed by atoms with Crippen LogP contribution in [0.25, 0.3) is 0 Å². The number of H-pyrrole nitrogens is 1. The molecule has 7 heteroatoms. The Labute approximate surface area is 121 Å². The van der Waals surface area contributed by atoms with Gasteiger partial charge < -0.3 is 9.88 Å². The van der Waals surface area contributed by atoms with E-state index in [1.165, 1.54) is 6.20 Å². The summed E-state index contributed by atoms with van der Waals surface area (Å²) in [4.78, 5) is 21.7. The highest BCUT2D eigenvalue weighted by molar-refractivity contribution is 6.30. The number of nitrogens with zero attached hydrogens (tertiary/aromatic N) is 4. The molecule has 106 valence electrons. The van der Waals surface area contributed by atoms with Crippen molar-refractivity contribution in [2.24, 2.45) is 0 Å². The molecule has 6 nitrogen and oxygen atoms in total. The molecule has 3 heterocycles. The number of aromatic amines is 1. The number of halogens is 1. The van der Waals surface area contributed by atoms with E-state index in [9.17, 15) is 4.79 Å². The third kappa shape index (κ3) is 2.70. The van der Waals surface area contributed by atoms with Gasteiger partial charge in [-0.05, 0) is 13.3 Å². The van der Waals surface area contributed by atoms with E-state index in [0.29, 0.717) is 17.5 Å². The molecule has 2 aromatic rings. The zero-order valence-electron chi connectivity index (χ0n) is 11.2. The quantitative estimate of drug-likeness (QED) is 0.934. The summed E-state index contributed by atoms with van der Waals surface area (Å²) in [6.07, 6.45) is 5.96. The van der Waals surface area contributed by atoms with E-state index in [0.717, 1.165) is 24.5 Å². The first-order valence-corrected chi connectivity index (χ1v) is 6.97. The molecule has 0 radical (unpaired) electrons. The number of imidazole rings is 1. The lowest BCUT2D eigenvalue weighted by molar-refractivity contribution is -0.131. The van der Waals surface area contributed by atoms with Gasteiger partial charge in [0, 0.05) is 37.1 Å². The molecule has 1 aliphatic rings. The molecule has 20 heavy (non-hydrogen) atoms. The summed E-state index contributed by atoms with van der Waals surface area (Å²) in [7, 11) is 0. The summed E-state index contributed by atoms with van der Waals surface area (Å²) in [5, 5.41) is 4.57. The van der Waals surface area contributed by atoms with Gasteiger partial charge in [0.15, 0.2) is 0 Å². The van der Waals surface area contributed by atoms with Crippen LogP contribution in [0.1, 0.15) is 23.9 Å². The molecule has 1 aliphatic heterocycles. The molecule has 0 spiro atoms. The van der Waals surface area contributed by atoms with Crippen molar-refractivity contribution >= 4 is 17.5 Å². The maximum Gasteiger partial charge on any atom is 0.244 e. The molecular weight excluding hydrogens is 278 g/mol. The van der Waals surface area contributed by atoms with Gasteiger partial charge in [0.25, 0.3) is 0 Å². The summed E-state index contributed by atoms with van der Waals surface area (Å²) in [6, 6.07) is 0. The third-order valence-electron chi connectivity index (χ3n) is 3.55. The van der Waals surface area contributed by atoms with E-state index >= 15 is 0 Å². The molecule has 1 saturated heterocycles. The molecule has 3 rings (SSSR count). The van der Waals surface area contributed by atoms with E-state index < -0.39 is 0 Å². The average molecular weight is 294 g/mol. The van der Waals surface area contributed by atoms with E-state index in [1.807, 2.05) is 18.0 Å². The number of rotatable bonds is 3. The molecule has 1 fully saturated rings. The minimum atomic E-state index is 0.0653. The summed E-state index contributed by atoms with van der Waals surface area (Å²) < 4.78 is 1.56. The fraction of sp³-hybridized carbons (Fsp3) is 0.462. The summed E-state index contributed by atoms with van der Waals surface area (Å²) in [5.41, 5.74) is 1.05. The fourth-order valence-corrected chi connectivity index (χ4v) is 2.67. The van der Waals surface area contributed by atoms with Gasteiger partial charge in [0.2, 0.25) is 5.91 Å². The number of amides is 1. The SMILES string of the molecule is Cc1cnc([C@@H]2CCN(C(=O)Cn3cc(Cl)cn3)C2)[nH]1. The van der Waals surface area contributed by atoms with E-state index in [4.69, 9.17) is 11.6 Å². The Morgan fingerprint density at radius 1 is 1.55 bits per heavy atom. The normalized spacial score (nSPS) is 18.7. The van der Waals surface area contributed by atoms with Crippen molar-refractivity contribution in [2.45, 2.75) is 25.8 Å². The van der Waals surface area contributed by atoms with Crippen molar-refractivity contribution in [1.29, 1.82) is 0 Å². The molecule has 1 amide bonds. The molecule has 1 N–H and O–H groups in total. The lowest BCUT2D eigenvalue weighted by atomic mass is 10.1. The number of aromatic nitrogens is 4. The summed E-state index contributed by atoms with van der Waals surface area (Å²) in [5.74, 6) is 1.34. The summed E-state index contributed by atoms with van der Waals surface area (Å²) >= 11 is 5.79. The Kier molecular flexibility index (Phi) is 3.48. The Morgan fingerprint density at radius 3 is 3.05 bits per heavy atom. The molecule has 0 saturated carbocycles. The smallest absolute Gasteiger partial charge is 0.244 e. The maximum atomic E-state index is 12.2. The Bertz CT molecular complexity index is 620. The highest BCUT2D eigenvalue weighted by Crippen LogP contribution is 2.25.